The molecule has 0 radical (unpaired) electrons. The topological polar surface area (TPSA) is 85.4 Å². The van der Waals surface area contributed by atoms with E-state index in [2.05, 4.69) is 13.2 Å². The molecule has 4 rings (SSSR count). The van der Waals surface area contributed by atoms with Crippen LogP contribution in [0.25, 0.3) is 0 Å². The van der Waals surface area contributed by atoms with E-state index in [0.717, 1.165) is 5.57 Å². The summed E-state index contributed by atoms with van der Waals surface area (Å²) in [6, 6.07) is 0. The van der Waals surface area contributed by atoms with Crippen molar-refractivity contribution >= 4 is 11.9 Å². The fourth-order valence-electron chi connectivity index (χ4n) is 5.06. The summed E-state index contributed by atoms with van der Waals surface area (Å²) in [4.78, 5) is 24.4. The molecule has 6 nitrogen and oxygen atoms in total. The Balaban J connectivity index is 1.72. The maximum atomic E-state index is 12.3. The summed E-state index contributed by atoms with van der Waals surface area (Å²) in [7, 11) is 0. The van der Waals surface area contributed by atoms with Gasteiger partial charge in [-0.3, -0.25) is 4.79 Å². The second-order valence-electron chi connectivity index (χ2n) is 7.98. The molecule has 2 saturated carbocycles. The first-order chi connectivity index (χ1) is 11.8. The largest absolute Gasteiger partial charge is 0.461 e. The molecule has 2 aliphatic carbocycles. The molecule has 2 saturated heterocycles. The van der Waals surface area contributed by atoms with E-state index in [9.17, 15) is 14.7 Å². The van der Waals surface area contributed by atoms with Crippen LogP contribution in [0.2, 0.25) is 0 Å². The van der Waals surface area contributed by atoms with Gasteiger partial charge in [0, 0.05) is 23.8 Å². The van der Waals surface area contributed by atoms with Gasteiger partial charge in [-0.1, -0.05) is 25.7 Å². The predicted octanol–water partition coefficient (Wildman–Crippen LogP) is 1.38. The highest BCUT2D eigenvalue weighted by Gasteiger charge is 2.71. The van der Waals surface area contributed by atoms with Crippen LogP contribution in [0.15, 0.2) is 24.3 Å². The molecule has 0 aromatic carbocycles. The Morgan fingerprint density at radius 1 is 1.44 bits per heavy atom. The van der Waals surface area contributed by atoms with Crippen LogP contribution < -0.4 is 0 Å². The highest BCUT2D eigenvalue weighted by atomic mass is 16.6. The Morgan fingerprint density at radius 2 is 2.12 bits per heavy atom. The molecule has 2 heterocycles. The average molecular weight is 348 g/mol. The maximum absolute atomic E-state index is 12.3. The van der Waals surface area contributed by atoms with Gasteiger partial charge in [-0.2, -0.15) is 0 Å². The van der Waals surface area contributed by atoms with Crippen LogP contribution in [0.1, 0.15) is 26.7 Å². The van der Waals surface area contributed by atoms with Crippen molar-refractivity contribution in [2.45, 2.75) is 50.6 Å². The zero-order chi connectivity index (χ0) is 18.1. The number of esters is 2. The zero-order valence-electron chi connectivity index (χ0n) is 14.6. The van der Waals surface area contributed by atoms with Gasteiger partial charge in [0.15, 0.2) is 0 Å². The van der Waals surface area contributed by atoms with E-state index in [1.54, 1.807) is 6.92 Å². The predicted molar refractivity (Wildman–Crippen MR) is 87.3 cm³/mol. The van der Waals surface area contributed by atoms with Crippen molar-refractivity contribution in [2.75, 3.05) is 6.61 Å². The number of hydrogen-bond donors (Lipinski definition) is 1. The van der Waals surface area contributed by atoms with Gasteiger partial charge in [0.05, 0.1) is 18.6 Å². The SMILES string of the molecule is C=C(C)C(=O)O[C@H]1CC(=C)[C@@H]2C[C@H](O)[C@]3(CO3)[C@@H]2[C@H]2OC(=O)[C@@H](C)[C@@H]21. The first kappa shape index (κ1) is 16.8. The lowest BCUT2D eigenvalue weighted by Gasteiger charge is -2.31. The van der Waals surface area contributed by atoms with E-state index < -0.39 is 29.9 Å². The second kappa shape index (κ2) is 5.42. The maximum Gasteiger partial charge on any atom is 0.333 e. The molecule has 0 aromatic heterocycles. The minimum Gasteiger partial charge on any atom is -0.461 e. The van der Waals surface area contributed by atoms with Gasteiger partial charge in [0.25, 0.3) is 0 Å². The van der Waals surface area contributed by atoms with Crippen LogP contribution in [0.4, 0.5) is 0 Å². The molecule has 8 atom stereocenters. The molecular weight excluding hydrogens is 324 g/mol. The highest BCUT2D eigenvalue weighted by molar-refractivity contribution is 5.87. The first-order valence-corrected chi connectivity index (χ1v) is 8.83. The van der Waals surface area contributed by atoms with E-state index in [0.29, 0.717) is 25.0 Å². The summed E-state index contributed by atoms with van der Waals surface area (Å²) in [6.07, 6.45) is -0.495. The summed E-state index contributed by atoms with van der Waals surface area (Å²) in [5, 5.41) is 10.5. The number of hydrogen-bond acceptors (Lipinski definition) is 6. The minimum atomic E-state index is -0.645. The van der Waals surface area contributed by atoms with Crippen molar-refractivity contribution in [3.63, 3.8) is 0 Å². The molecule has 0 bridgehead atoms. The van der Waals surface area contributed by atoms with E-state index in [4.69, 9.17) is 14.2 Å². The normalized spacial score (nSPS) is 47.7. The summed E-state index contributed by atoms with van der Waals surface area (Å²) >= 11 is 0. The van der Waals surface area contributed by atoms with Crippen molar-refractivity contribution in [1.29, 1.82) is 0 Å². The summed E-state index contributed by atoms with van der Waals surface area (Å²) < 4.78 is 17.1. The molecule has 1 N–H and O–H groups in total. The Morgan fingerprint density at radius 3 is 2.72 bits per heavy atom. The number of fused-ring (bicyclic) bond motifs is 4. The summed E-state index contributed by atoms with van der Waals surface area (Å²) in [6.45, 7) is 11.7. The van der Waals surface area contributed by atoms with Crippen LogP contribution in [0, 0.1) is 23.7 Å². The number of carbonyl (C=O) groups excluding carboxylic acids is 2. The van der Waals surface area contributed by atoms with E-state index in [-0.39, 0.29) is 29.6 Å². The van der Waals surface area contributed by atoms with Gasteiger partial charge in [-0.25, -0.2) is 4.79 Å². The molecule has 1 spiro atoms. The third-order valence-corrected chi connectivity index (χ3v) is 6.48. The molecule has 4 fully saturated rings. The second-order valence-corrected chi connectivity index (χ2v) is 7.98. The van der Waals surface area contributed by atoms with E-state index in [1.165, 1.54) is 0 Å². The van der Waals surface area contributed by atoms with Gasteiger partial charge in [-0.05, 0) is 19.3 Å². The smallest absolute Gasteiger partial charge is 0.333 e. The molecule has 2 aliphatic heterocycles. The Bertz CT molecular complexity index is 663. The summed E-state index contributed by atoms with van der Waals surface area (Å²) in [5.74, 6) is -1.54. The van der Waals surface area contributed by atoms with Crippen molar-refractivity contribution in [2.24, 2.45) is 23.7 Å². The molecule has 25 heavy (non-hydrogen) atoms. The number of epoxide rings is 1. The number of rotatable bonds is 2. The van der Waals surface area contributed by atoms with Crippen molar-refractivity contribution in [3.05, 3.63) is 24.3 Å². The lowest BCUT2D eigenvalue weighted by Crippen LogP contribution is -2.44. The lowest BCUT2D eigenvalue weighted by atomic mass is 9.77. The van der Waals surface area contributed by atoms with E-state index >= 15 is 0 Å². The lowest BCUT2D eigenvalue weighted by molar-refractivity contribution is -0.149. The van der Waals surface area contributed by atoms with Crippen molar-refractivity contribution < 1.29 is 28.9 Å². The molecule has 0 aromatic rings. The number of aliphatic hydroxyl groups is 1. The summed E-state index contributed by atoms with van der Waals surface area (Å²) in [5.41, 5.74) is 0.601. The average Bonchev–Trinajstić information content (AvgIpc) is 3.22. The fraction of sp³-hybridized carbons (Fsp3) is 0.684. The zero-order valence-corrected chi connectivity index (χ0v) is 14.6. The minimum absolute atomic E-state index is 0.00312. The molecule has 6 heteroatoms. The monoisotopic (exact) mass is 348 g/mol. The van der Waals surface area contributed by atoms with Crippen molar-refractivity contribution in [3.8, 4) is 0 Å². The van der Waals surface area contributed by atoms with Crippen LogP contribution in [-0.4, -0.2) is 47.6 Å². The highest BCUT2D eigenvalue weighted by Crippen LogP contribution is 2.60. The third kappa shape index (κ3) is 2.30. The first-order valence-electron chi connectivity index (χ1n) is 8.83. The fourth-order valence-corrected chi connectivity index (χ4v) is 5.06. The Hall–Kier alpha value is -1.66. The van der Waals surface area contributed by atoms with Gasteiger partial charge < -0.3 is 19.3 Å². The van der Waals surface area contributed by atoms with Gasteiger partial charge in [-0.15, -0.1) is 0 Å². The number of ether oxygens (including phenoxy) is 3. The van der Waals surface area contributed by atoms with Crippen LogP contribution >= 0.6 is 0 Å². The van der Waals surface area contributed by atoms with Gasteiger partial charge in [0.1, 0.15) is 17.8 Å². The standard InChI is InChI=1S/C19H24O6/c1-8(2)17(21)24-12-5-9(3)11-6-13(20)19(7-23-19)15(11)16-14(12)10(4)18(22)25-16/h10-16,20H,1,3,5-7H2,2,4H3/t10-,11-,12-,13-,14+,15-,16-,19+/m0/s1. The van der Waals surface area contributed by atoms with E-state index in [1.807, 2.05) is 6.92 Å². The molecule has 136 valence electrons. The quantitative estimate of drug-likeness (QED) is 0.351. The third-order valence-electron chi connectivity index (χ3n) is 6.48. The number of aliphatic hydroxyl groups excluding tert-OH is 1. The molecule has 0 unspecified atom stereocenters. The molecule has 4 aliphatic rings. The van der Waals surface area contributed by atoms with Crippen LogP contribution in [0.3, 0.4) is 0 Å². The Kier molecular flexibility index (Phi) is 3.64. The van der Waals surface area contributed by atoms with Crippen molar-refractivity contribution in [1.82, 2.24) is 0 Å². The van der Waals surface area contributed by atoms with Gasteiger partial charge in [0.2, 0.25) is 0 Å². The molecular formula is C19H24O6. The van der Waals surface area contributed by atoms with Crippen LogP contribution in [-0.2, 0) is 23.8 Å². The molecule has 0 amide bonds. The van der Waals surface area contributed by atoms with Crippen LogP contribution in [0.5, 0.6) is 0 Å². The van der Waals surface area contributed by atoms with Gasteiger partial charge >= 0.3 is 11.9 Å². The number of carbonyl (C=O) groups is 2. The Labute approximate surface area is 146 Å².